The maximum Gasteiger partial charge on any atom is 0.0992 e. The fourth-order valence-corrected chi connectivity index (χ4v) is 2.88. The molecule has 1 aromatic rings. The zero-order chi connectivity index (χ0) is 13.1. The third kappa shape index (κ3) is 2.85. The number of hydrogen-bond donors (Lipinski definition) is 0. The van der Waals surface area contributed by atoms with Crippen LogP contribution in [0.2, 0.25) is 0 Å². The molecule has 4 heteroatoms. The van der Waals surface area contributed by atoms with Gasteiger partial charge in [0.1, 0.15) is 0 Å². The Morgan fingerprint density at radius 3 is 2.89 bits per heavy atom. The van der Waals surface area contributed by atoms with Crippen LogP contribution < -0.4 is 4.90 Å². The van der Waals surface area contributed by atoms with Gasteiger partial charge in [-0.05, 0) is 30.5 Å². The van der Waals surface area contributed by atoms with E-state index in [2.05, 4.69) is 39.9 Å². The van der Waals surface area contributed by atoms with Crippen molar-refractivity contribution in [2.45, 2.75) is 19.4 Å². The summed E-state index contributed by atoms with van der Waals surface area (Å²) in [5, 5.41) is 9.01. The van der Waals surface area contributed by atoms with Crippen LogP contribution in [0.15, 0.2) is 22.7 Å². The van der Waals surface area contributed by atoms with Crippen molar-refractivity contribution in [3.8, 4) is 6.07 Å². The number of piperidine rings is 1. The highest BCUT2D eigenvalue weighted by molar-refractivity contribution is 9.10. The van der Waals surface area contributed by atoms with E-state index >= 15 is 0 Å². The Hall–Kier alpha value is -1.05. The molecule has 1 aromatic carbocycles. The molecule has 2 unspecified atom stereocenters. The molecule has 0 amide bonds. The first kappa shape index (κ1) is 13.4. The first-order valence-corrected chi connectivity index (χ1v) is 6.91. The topological polar surface area (TPSA) is 36.3 Å². The van der Waals surface area contributed by atoms with Crippen LogP contribution in [0.3, 0.4) is 0 Å². The summed E-state index contributed by atoms with van der Waals surface area (Å²) in [6.45, 7) is 4.13. The third-order valence-electron chi connectivity index (χ3n) is 3.57. The van der Waals surface area contributed by atoms with Crippen molar-refractivity contribution in [3.05, 3.63) is 28.2 Å². The number of halogens is 1. The highest BCUT2D eigenvalue weighted by atomic mass is 79.9. The van der Waals surface area contributed by atoms with Crippen molar-refractivity contribution in [3.63, 3.8) is 0 Å². The van der Waals surface area contributed by atoms with Gasteiger partial charge in [0.2, 0.25) is 0 Å². The van der Waals surface area contributed by atoms with Crippen molar-refractivity contribution >= 4 is 21.6 Å². The normalized spacial score (nSPS) is 23.8. The van der Waals surface area contributed by atoms with Gasteiger partial charge in [0.25, 0.3) is 0 Å². The SMILES string of the molecule is COC1CN(c2cc(Br)cc(C#N)c2)CCC1C. The summed E-state index contributed by atoms with van der Waals surface area (Å²) >= 11 is 3.46. The summed E-state index contributed by atoms with van der Waals surface area (Å²) < 4.78 is 6.47. The summed E-state index contributed by atoms with van der Waals surface area (Å²) in [5.41, 5.74) is 1.78. The molecule has 1 fully saturated rings. The lowest BCUT2D eigenvalue weighted by atomic mass is 9.95. The van der Waals surface area contributed by atoms with Gasteiger partial charge in [-0.2, -0.15) is 5.26 Å². The highest BCUT2D eigenvalue weighted by Crippen LogP contribution is 2.28. The molecule has 0 radical (unpaired) electrons. The second kappa shape index (κ2) is 5.73. The van der Waals surface area contributed by atoms with Crippen LogP contribution in [-0.4, -0.2) is 26.3 Å². The molecule has 1 saturated heterocycles. The lowest BCUT2D eigenvalue weighted by Gasteiger charge is -2.37. The largest absolute Gasteiger partial charge is 0.379 e. The van der Waals surface area contributed by atoms with Gasteiger partial charge in [0.05, 0.1) is 17.7 Å². The fourth-order valence-electron chi connectivity index (χ4n) is 2.40. The van der Waals surface area contributed by atoms with Crippen LogP contribution in [0.4, 0.5) is 5.69 Å². The van der Waals surface area contributed by atoms with E-state index in [0.29, 0.717) is 11.5 Å². The predicted molar refractivity (Wildman–Crippen MR) is 75.6 cm³/mol. The van der Waals surface area contributed by atoms with Crippen molar-refractivity contribution < 1.29 is 4.74 Å². The second-order valence-corrected chi connectivity index (χ2v) is 5.71. The Morgan fingerprint density at radius 1 is 1.44 bits per heavy atom. The Bertz CT molecular complexity index is 469. The van der Waals surface area contributed by atoms with E-state index in [0.717, 1.165) is 29.7 Å². The quantitative estimate of drug-likeness (QED) is 0.842. The Labute approximate surface area is 116 Å². The van der Waals surface area contributed by atoms with Gasteiger partial charge in [-0.25, -0.2) is 0 Å². The molecular formula is C14H17BrN2O. The first-order chi connectivity index (χ1) is 8.63. The van der Waals surface area contributed by atoms with Crippen LogP contribution in [0.25, 0.3) is 0 Å². The Balaban J connectivity index is 2.22. The lowest BCUT2D eigenvalue weighted by Crippen LogP contribution is -2.43. The minimum atomic E-state index is 0.267. The van der Waals surface area contributed by atoms with Crippen LogP contribution in [0.5, 0.6) is 0 Å². The number of nitriles is 1. The van der Waals surface area contributed by atoms with Gasteiger partial charge >= 0.3 is 0 Å². The van der Waals surface area contributed by atoms with Crippen molar-refractivity contribution in [2.75, 3.05) is 25.1 Å². The van der Waals surface area contributed by atoms with Gasteiger partial charge in [-0.1, -0.05) is 22.9 Å². The smallest absolute Gasteiger partial charge is 0.0992 e. The first-order valence-electron chi connectivity index (χ1n) is 6.12. The molecule has 0 aliphatic carbocycles. The van der Waals surface area contributed by atoms with E-state index in [9.17, 15) is 0 Å². The summed E-state index contributed by atoms with van der Waals surface area (Å²) in [7, 11) is 1.77. The molecule has 3 nitrogen and oxygen atoms in total. The molecule has 96 valence electrons. The maximum absolute atomic E-state index is 9.01. The average Bonchev–Trinajstić information content (AvgIpc) is 2.38. The van der Waals surface area contributed by atoms with Gasteiger partial charge < -0.3 is 9.64 Å². The third-order valence-corrected chi connectivity index (χ3v) is 4.03. The van der Waals surface area contributed by atoms with E-state index in [1.807, 2.05) is 12.1 Å². The van der Waals surface area contributed by atoms with Crippen LogP contribution >= 0.6 is 15.9 Å². The van der Waals surface area contributed by atoms with Crippen molar-refractivity contribution in [1.29, 1.82) is 5.26 Å². The van der Waals surface area contributed by atoms with E-state index in [4.69, 9.17) is 10.00 Å². The monoisotopic (exact) mass is 308 g/mol. The molecule has 2 rings (SSSR count). The average molecular weight is 309 g/mol. The van der Waals surface area contributed by atoms with E-state index in [1.54, 1.807) is 7.11 Å². The molecule has 1 heterocycles. The zero-order valence-electron chi connectivity index (χ0n) is 10.7. The molecule has 1 aliphatic heterocycles. The summed E-state index contributed by atoms with van der Waals surface area (Å²) in [6.07, 6.45) is 1.38. The minimum absolute atomic E-state index is 0.267. The van der Waals surface area contributed by atoms with Crippen molar-refractivity contribution in [2.24, 2.45) is 5.92 Å². The van der Waals surface area contributed by atoms with E-state index in [1.165, 1.54) is 0 Å². The molecule has 0 spiro atoms. The number of nitrogens with zero attached hydrogens (tertiary/aromatic N) is 2. The van der Waals surface area contributed by atoms with Gasteiger partial charge in [-0.3, -0.25) is 0 Å². The maximum atomic E-state index is 9.01. The molecule has 18 heavy (non-hydrogen) atoms. The molecule has 1 aliphatic rings. The number of ether oxygens (including phenoxy) is 1. The minimum Gasteiger partial charge on any atom is -0.379 e. The Kier molecular flexibility index (Phi) is 4.26. The molecule has 0 bridgehead atoms. The van der Waals surface area contributed by atoms with E-state index in [-0.39, 0.29) is 6.10 Å². The van der Waals surface area contributed by atoms with Gasteiger partial charge in [0, 0.05) is 30.4 Å². The summed E-state index contributed by atoms with van der Waals surface area (Å²) in [6, 6.07) is 8.03. The molecule has 0 aromatic heterocycles. The zero-order valence-corrected chi connectivity index (χ0v) is 12.3. The van der Waals surface area contributed by atoms with E-state index < -0.39 is 0 Å². The summed E-state index contributed by atoms with van der Waals surface area (Å²) in [4.78, 5) is 2.29. The van der Waals surface area contributed by atoms with Crippen LogP contribution in [0, 0.1) is 17.2 Å². The molecule has 0 saturated carbocycles. The number of methoxy groups -OCH3 is 1. The summed E-state index contributed by atoms with van der Waals surface area (Å²) in [5.74, 6) is 0.592. The lowest BCUT2D eigenvalue weighted by molar-refractivity contribution is 0.0498. The number of rotatable bonds is 2. The second-order valence-electron chi connectivity index (χ2n) is 4.80. The van der Waals surface area contributed by atoms with Gasteiger partial charge in [0.15, 0.2) is 0 Å². The van der Waals surface area contributed by atoms with Crippen molar-refractivity contribution in [1.82, 2.24) is 0 Å². The molecular weight excluding hydrogens is 292 g/mol. The predicted octanol–water partition coefficient (Wildman–Crippen LogP) is 3.18. The molecule has 2 atom stereocenters. The van der Waals surface area contributed by atoms with Crippen LogP contribution in [0.1, 0.15) is 18.9 Å². The van der Waals surface area contributed by atoms with Gasteiger partial charge in [-0.15, -0.1) is 0 Å². The Morgan fingerprint density at radius 2 is 2.22 bits per heavy atom. The number of hydrogen-bond acceptors (Lipinski definition) is 3. The standard InChI is InChI=1S/C14H17BrN2O/c1-10-3-4-17(9-14(10)18-2)13-6-11(8-16)5-12(15)7-13/h5-7,10,14H,3-4,9H2,1-2H3. The van der Waals surface area contributed by atoms with Crippen LogP contribution in [-0.2, 0) is 4.74 Å². The number of benzene rings is 1. The highest BCUT2D eigenvalue weighted by Gasteiger charge is 2.26. The molecule has 0 N–H and O–H groups in total. The number of anilines is 1. The fraction of sp³-hybridized carbons (Fsp3) is 0.500.